The van der Waals surface area contributed by atoms with Gasteiger partial charge in [-0.05, 0) is 55.2 Å². The summed E-state index contributed by atoms with van der Waals surface area (Å²) in [5.41, 5.74) is 3.36. The van der Waals surface area contributed by atoms with Crippen LogP contribution in [-0.4, -0.2) is 11.7 Å². The number of amides is 1. The zero-order valence-corrected chi connectivity index (χ0v) is 18.7. The second kappa shape index (κ2) is 8.71. The van der Waals surface area contributed by atoms with Crippen LogP contribution in [-0.2, 0) is 17.6 Å². The van der Waals surface area contributed by atoms with Crippen LogP contribution in [0.1, 0.15) is 55.2 Å². The molecule has 1 heterocycles. The Morgan fingerprint density at radius 2 is 2.07 bits per heavy atom. The first-order valence-corrected chi connectivity index (χ1v) is 11.7. The fourth-order valence-corrected chi connectivity index (χ4v) is 5.69. The second-order valence-electron chi connectivity index (χ2n) is 8.25. The zero-order valence-electron chi connectivity index (χ0n) is 17.1. The Hall–Kier alpha value is -1.77. The molecule has 0 radical (unpaired) electrons. The first kappa shape index (κ1) is 21.0. The van der Waals surface area contributed by atoms with Gasteiger partial charge in [0.2, 0.25) is 5.91 Å². The molecule has 0 saturated carbocycles. The van der Waals surface area contributed by atoms with Gasteiger partial charge in [-0.2, -0.15) is 5.26 Å². The average molecular weight is 413 g/mol. The highest BCUT2D eigenvalue weighted by atomic mass is 32.2. The van der Waals surface area contributed by atoms with Crippen LogP contribution in [0.3, 0.4) is 0 Å². The molecule has 1 aromatic heterocycles. The summed E-state index contributed by atoms with van der Waals surface area (Å²) in [6, 6.07) is 10.5. The van der Waals surface area contributed by atoms with E-state index in [2.05, 4.69) is 51.2 Å². The third-order valence-electron chi connectivity index (χ3n) is 6.04. The Morgan fingerprint density at radius 1 is 1.36 bits per heavy atom. The molecule has 1 atom stereocenters. The third-order valence-corrected chi connectivity index (χ3v) is 8.22. The number of thiophene rings is 1. The standard InChI is InChI=1S/C23H28N2OS2/c1-5-23(3,4)16-8-11-18-19(13-24)22(28-20(18)12-16)25-21(26)14-27-17-9-6-15(2)7-10-17/h6-7,9-10,16H,5,8,11-12,14H2,1-4H3,(H,25,26)/t16-/m1/s1. The maximum Gasteiger partial charge on any atom is 0.235 e. The Balaban J connectivity index is 1.69. The number of nitrogens with one attached hydrogen (secondary N) is 1. The molecule has 1 aromatic carbocycles. The molecular formula is C23H28N2OS2. The van der Waals surface area contributed by atoms with Crippen LogP contribution < -0.4 is 5.32 Å². The number of benzene rings is 1. The minimum Gasteiger partial charge on any atom is -0.316 e. The van der Waals surface area contributed by atoms with Gasteiger partial charge in [0.1, 0.15) is 11.1 Å². The first-order chi connectivity index (χ1) is 13.3. The normalized spacial score (nSPS) is 16.3. The zero-order chi connectivity index (χ0) is 20.3. The maximum absolute atomic E-state index is 12.5. The number of nitriles is 1. The summed E-state index contributed by atoms with van der Waals surface area (Å²) >= 11 is 3.13. The molecule has 1 aliphatic carbocycles. The van der Waals surface area contributed by atoms with Gasteiger partial charge in [-0.25, -0.2) is 0 Å². The van der Waals surface area contributed by atoms with E-state index in [0.717, 1.165) is 41.1 Å². The predicted molar refractivity (Wildman–Crippen MR) is 119 cm³/mol. The molecule has 28 heavy (non-hydrogen) atoms. The third kappa shape index (κ3) is 4.61. The number of aryl methyl sites for hydroxylation is 1. The van der Waals surface area contributed by atoms with Crippen molar-refractivity contribution in [1.82, 2.24) is 0 Å². The highest BCUT2D eigenvalue weighted by Crippen LogP contribution is 2.45. The number of hydrogen-bond donors (Lipinski definition) is 1. The van der Waals surface area contributed by atoms with Crippen LogP contribution in [0.15, 0.2) is 29.2 Å². The highest BCUT2D eigenvalue weighted by molar-refractivity contribution is 8.00. The second-order valence-corrected chi connectivity index (χ2v) is 10.4. The van der Waals surface area contributed by atoms with Gasteiger partial charge in [0.05, 0.1) is 11.3 Å². The van der Waals surface area contributed by atoms with E-state index in [-0.39, 0.29) is 5.91 Å². The molecule has 0 fully saturated rings. The Morgan fingerprint density at radius 3 is 2.71 bits per heavy atom. The van der Waals surface area contributed by atoms with Crippen LogP contribution in [0.5, 0.6) is 0 Å². The molecule has 0 saturated heterocycles. The Bertz CT molecular complexity index is 891. The van der Waals surface area contributed by atoms with Crippen LogP contribution in [0.4, 0.5) is 5.00 Å². The van der Waals surface area contributed by atoms with Gasteiger partial charge in [0.25, 0.3) is 0 Å². The summed E-state index contributed by atoms with van der Waals surface area (Å²) in [6.45, 7) is 8.98. The van der Waals surface area contributed by atoms with Crippen molar-refractivity contribution in [2.45, 2.75) is 58.3 Å². The van der Waals surface area contributed by atoms with Crippen molar-refractivity contribution in [2.75, 3.05) is 11.1 Å². The van der Waals surface area contributed by atoms with E-state index in [0.29, 0.717) is 22.6 Å². The quantitative estimate of drug-likeness (QED) is 0.575. The van der Waals surface area contributed by atoms with Crippen molar-refractivity contribution < 1.29 is 4.79 Å². The van der Waals surface area contributed by atoms with Crippen LogP contribution in [0.25, 0.3) is 0 Å². The number of anilines is 1. The summed E-state index contributed by atoms with van der Waals surface area (Å²) in [6.07, 6.45) is 4.24. The molecule has 1 amide bonds. The van der Waals surface area contributed by atoms with E-state index in [4.69, 9.17) is 0 Å². The molecule has 2 aromatic rings. The van der Waals surface area contributed by atoms with E-state index in [9.17, 15) is 10.1 Å². The number of hydrogen-bond acceptors (Lipinski definition) is 4. The maximum atomic E-state index is 12.5. The molecule has 0 bridgehead atoms. The molecule has 0 aliphatic heterocycles. The molecule has 1 N–H and O–H groups in total. The van der Waals surface area contributed by atoms with Gasteiger partial charge in [0, 0.05) is 9.77 Å². The minimum atomic E-state index is -0.0499. The smallest absolute Gasteiger partial charge is 0.235 e. The number of nitrogens with zero attached hydrogens (tertiary/aromatic N) is 1. The van der Waals surface area contributed by atoms with Crippen molar-refractivity contribution in [2.24, 2.45) is 11.3 Å². The van der Waals surface area contributed by atoms with Gasteiger partial charge in [0.15, 0.2) is 0 Å². The van der Waals surface area contributed by atoms with E-state index >= 15 is 0 Å². The molecule has 0 unspecified atom stereocenters. The van der Waals surface area contributed by atoms with Gasteiger partial charge < -0.3 is 5.32 Å². The number of fused-ring (bicyclic) bond motifs is 1. The van der Waals surface area contributed by atoms with Crippen LogP contribution in [0.2, 0.25) is 0 Å². The lowest BCUT2D eigenvalue weighted by atomic mass is 9.69. The number of rotatable bonds is 6. The van der Waals surface area contributed by atoms with E-state index < -0.39 is 0 Å². The van der Waals surface area contributed by atoms with E-state index in [1.54, 1.807) is 11.3 Å². The van der Waals surface area contributed by atoms with Gasteiger partial charge in [-0.1, -0.05) is 44.9 Å². The van der Waals surface area contributed by atoms with Crippen molar-refractivity contribution in [3.8, 4) is 6.07 Å². The van der Waals surface area contributed by atoms with Crippen molar-refractivity contribution in [3.63, 3.8) is 0 Å². The summed E-state index contributed by atoms with van der Waals surface area (Å²) in [4.78, 5) is 14.8. The number of carbonyl (C=O) groups excluding carboxylic acids is 1. The van der Waals surface area contributed by atoms with Crippen LogP contribution in [0, 0.1) is 29.6 Å². The summed E-state index contributed by atoms with van der Waals surface area (Å²) in [5.74, 6) is 0.934. The summed E-state index contributed by atoms with van der Waals surface area (Å²) in [7, 11) is 0. The fraction of sp³-hybridized carbons (Fsp3) is 0.478. The van der Waals surface area contributed by atoms with Crippen molar-refractivity contribution in [1.29, 1.82) is 5.26 Å². The highest BCUT2D eigenvalue weighted by Gasteiger charge is 2.34. The lowest BCUT2D eigenvalue weighted by Crippen LogP contribution is -2.28. The molecule has 0 spiro atoms. The molecule has 3 nitrogen and oxygen atoms in total. The van der Waals surface area contributed by atoms with Crippen molar-refractivity contribution in [3.05, 3.63) is 45.8 Å². The van der Waals surface area contributed by atoms with E-state index in [1.165, 1.54) is 22.2 Å². The Labute approximate surface area is 176 Å². The largest absolute Gasteiger partial charge is 0.316 e. The molecule has 148 valence electrons. The fourth-order valence-electron chi connectivity index (χ4n) is 3.69. The molecule has 1 aliphatic rings. The molecular weight excluding hydrogens is 384 g/mol. The SMILES string of the molecule is CCC(C)(C)[C@@H]1CCc2c(sc(NC(=O)CSc3ccc(C)cc3)c2C#N)C1. The average Bonchev–Trinajstić information content (AvgIpc) is 3.03. The monoisotopic (exact) mass is 412 g/mol. The number of carbonyl (C=O) groups is 1. The minimum absolute atomic E-state index is 0.0499. The van der Waals surface area contributed by atoms with Gasteiger partial charge in [-0.15, -0.1) is 23.1 Å². The lowest BCUT2D eigenvalue weighted by molar-refractivity contribution is -0.113. The topological polar surface area (TPSA) is 52.9 Å². The molecule has 3 rings (SSSR count). The first-order valence-electron chi connectivity index (χ1n) is 9.88. The van der Waals surface area contributed by atoms with Crippen molar-refractivity contribution >= 4 is 34.0 Å². The van der Waals surface area contributed by atoms with E-state index in [1.807, 2.05) is 12.1 Å². The lowest BCUT2D eigenvalue weighted by Gasteiger charge is -2.36. The summed E-state index contributed by atoms with van der Waals surface area (Å²) in [5, 5.41) is 13.4. The van der Waals surface area contributed by atoms with Gasteiger partial charge in [-0.3, -0.25) is 4.79 Å². The predicted octanol–water partition coefficient (Wildman–Crippen LogP) is 6.20. The van der Waals surface area contributed by atoms with Gasteiger partial charge >= 0.3 is 0 Å². The number of thioether (sulfide) groups is 1. The molecule has 5 heteroatoms. The van der Waals surface area contributed by atoms with Crippen LogP contribution >= 0.6 is 23.1 Å². The summed E-state index contributed by atoms with van der Waals surface area (Å²) < 4.78 is 0. The Kier molecular flexibility index (Phi) is 6.52.